The molecule has 1 atom stereocenters. The van der Waals surface area contributed by atoms with E-state index < -0.39 is 0 Å². The molecule has 1 aromatic rings. The summed E-state index contributed by atoms with van der Waals surface area (Å²) in [6, 6.07) is 2.84. The largest absolute Gasteiger partial charge is 0.355 e. The van der Waals surface area contributed by atoms with Gasteiger partial charge < -0.3 is 10.2 Å². The number of aryl methyl sites for hydroxylation is 1. The second-order valence-corrected chi connectivity index (χ2v) is 5.27. The fourth-order valence-electron chi connectivity index (χ4n) is 2.53. The quantitative estimate of drug-likeness (QED) is 0.868. The van der Waals surface area contributed by atoms with Crippen molar-refractivity contribution in [1.82, 2.24) is 10.3 Å². The Hall–Kier alpha value is -1.09. The van der Waals surface area contributed by atoms with Gasteiger partial charge in [0.25, 0.3) is 0 Å². The standard InChI is InChI=1S/C14H23N3/c1-10(2)13-8-16-14(7-11(13)3)17-6-5-12(9-17)15-4/h7-8,10,12,15H,5-6,9H2,1-4H3. The van der Waals surface area contributed by atoms with Gasteiger partial charge in [0.2, 0.25) is 0 Å². The number of rotatable bonds is 3. The molecule has 0 amide bonds. The van der Waals surface area contributed by atoms with Crippen LogP contribution in [0, 0.1) is 6.92 Å². The maximum absolute atomic E-state index is 4.61. The Morgan fingerprint density at radius 2 is 2.24 bits per heavy atom. The van der Waals surface area contributed by atoms with Crippen molar-refractivity contribution in [3.8, 4) is 0 Å². The van der Waals surface area contributed by atoms with Crippen molar-refractivity contribution >= 4 is 5.82 Å². The predicted molar refractivity (Wildman–Crippen MR) is 72.7 cm³/mol. The molecular weight excluding hydrogens is 210 g/mol. The van der Waals surface area contributed by atoms with Gasteiger partial charge in [-0.25, -0.2) is 4.98 Å². The highest BCUT2D eigenvalue weighted by atomic mass is 15.2. The van der Waals surface area contributed by atoms with Gasteiger partial charge in [-0.1, -0.05) is 13.8 Å². The van der Waals surface area contributed by atoms with Crippen LogP contribution in [0.4, 0.5) is 5.82 Å². The van der Waals surface area contributed by atoms with E-state index in [0.717, 1.165) is 18.9 Å². The molecule has 2 heterocycles. The summed E-state index contributed by atoms with van der Waals surface area (Å²) in [5, 5.41) is 3.34. The fourth-order valence-corrected chi connectivity index (χ4v) is 2.53. The molecule has 1 unspecified atom stereocenters. The van der Waals surface area contributed by atoms with Gasteiger partial charge >= 0.3 is 0 Å². The second kappa shape index (κ2) is 5.05. The summed E-state index contributed by atoms with van der Waals surface area (Å²) in [4.78, 5) is 6.98. The lowest BCUT2D eigenvalue weighted by atomic mass is 10.0. The van der Waals surface area contributed by atoms with Gasteiger partial charge in [-0.05, 0) is 43.5 Å². The maximum atomic E-state index is 4.61. The van der Waals surface area contributed by atoms with Crippen LogP contribution >= 0.6 is 0 Å². The lowest BCUT2D eigenvalue weighted by Gasteiger charge is -2.19. The molecule has 0 bridgehead atoms. The summed E-state index contributed by atoms with van der Waals surface area (Å²) in [5.74, 6) is 1.69. The number of likely N-dealkylation sites (N-methyl/N-ethyl adjacent to an activating group) is 1. The highest BCUT2D eigenvalue weighted by Gasteiger charge is 2.22. The number of aromatic nitrogens is 1. The first kappa shape index (κ1) is 12.4. The van der Waals surface area contributed by atoms with Crippen LogP contribution in [0.1, 0.15) is 37.3 Å². The molecule has 0 spiro atoms. The number of anilines is 1. The molecule has 1 aliphatic heterocycles. The van der Waals surface area contributed by atoms with Crippen LogP contribution in [0.2, 0.25) is 0 Å². The topological polar surface area (TPSA) is 28.2 Å². The molecule has 3 nitrogen and oxygen atoms in total. The zero-order chi connectivity index (χ0) is 12.4. The Kier molecular flexibility index (Phi) is 3.67. The number of hydrogen-bond acceptors (Lipinski definition) is 3. The highest BCUT2D eigenvalue weighted by molar-refractivity contribution is 5.45. The van der Waals surface area contributed by atoms with Gasteiger partial charge in [-0.3, -0.25) is 0 Å². The minimum Gasteiger partial charge on any atom is -0.355 e. The van der Waals surface area contributed by atoms with E-state index in [1.807, 2.05) is 13.2 Å². The molecule has 17 heavy (non-hydrogen) atoms. The Morgan fingerprint density at radius 3 is 2.76 bits per heavy atom. The SMILES string of the molecule is CNC1CCN(c2cc(C)c(C(C)C)cn2)C1. The van der Waals surface area contributed by atoms with E-state index in [-0.39, 0.29) is 0 Å². The minimum atomic E-state index is 0.556. The van der Waals surface area contributed by atoms with Crippen molar-refractivity contribution in [3.05, 3.63) is 23.4 Å². The molecule has 1 fully saturated rings. The number of pyridine rings is 1. The van der Waals surface area contributed by atoms with Crippen molar-refractivity contribution in [2.75, 3.05) is 25.0 Å². The van der Waals surface area contributed by atoms with E-state index in [1.54, 1.807) is 0 Å². The molecule has 3 heteroatoms. The zero-order valence-electron chi connectivity index (χ0n) is 11.3. The van der Waals surface area contributed by atoms with Crippen LogP contribution in [0.3, 0.4) is 0 Å². The molecule has 0 aromatic carbocycles. The maximum Gasteiger partial charge on any atom is 0.128 e. The van der Waals surface area contributed by atoms with Crippen LogP contribution in [-0.2, 0) is 0 Å². The summed E-state index contributed by atoms with van der Waals surface area (Å²) in [7, 11) is 2.04. The smallest absolute Gasteiger partial charge is 0.128 e. The summed E-state index contributed by atoms with van der Waals surface area (Å²) >= 11 is 0. The molecule has 2 rings (SSSR count). The van der Waals surface area contributed by atoms with Crippen LogP contribution in [0.25, 0.3) is 0 Å². The lowest BCUT2D eigenvalue weighted by Crippen LogP contribution is -2.29. The first-order chi connectivity index (χ1) is 8.11. The van der Waals surface area contributed by atoms with E-state index in [9.17, 15) is 0 Å². The van der Waals surface area contributed by atoms with Crippen molar-refractivity contribution in [2.24, 2.45) is 0 Å². The molecule has 94 valence electrons. The Morgan fingerprint density at radius 1 is 1.47 bits per heavy atom. The van der Waals surface area contributed by atoms with Gasteiger partial charge in [-0.15, -0.1) is 0 Å². The number of nitrogens with one attached hydrogen (secondary N) is 1. The monoisotopic (exact) mass is 233 g/mol. The Bertz CT molecular complexity index is 387. The van der Waals surface area contributed by atoms with Gasteiger partial charge in [0.15, 0.2) is 0 Å². The first-order valence-corrected chi connectivity index (χ1v) is 6.50. The zero-order valence-corrected chi connectivity index (χ0v) is 11.3. The molecule has 0 aliphatic carbocycles. The van der Waals surface area contributed by atoms with Crippen LogP contribution in [0.15, 0.2) is 12.3 Å². The van der Waals surface area contributed by atoms with E-state index >= 15 is 0 Å². The molecule has 1 N–H and O–H groups in total. The Labute approximate surface area is 104 Å². The minimum absolute atomic E-state index is 0.556. The lowest BCUT2D eigenvalue weighted by molar-refractivity contribution is 0.616. The van der Waals surface area contributed by atoms with E-state index in [1.165, 1.54) is 17.5 Å². The molecular formula is C14H23N3. The van der Waals surface area contributed by atoms with Gasteiger partial charge in [0.1, 0.15) is 5.82 Å². The van der Waals surface area contributed by atoms with E-state index in [4.69, 9.17) is 0 Å². The summed E-state index contributed by atoms with van der Waals surface area (Å²) < 4.78 is 0. The summed E-state index contributed by atoms with van der Waals surface area (Å²) in [6.45, 7) is 8.81. The Balaban J connectivity index is 2.15. The summed E-state index contributed by atoms with van der Waals surface area (Å²) in [6.07, 6.45) is 3.26. The number of nitrogens with zero attached hydrogens (tertiary/aromatic N) is 2. The van der Waals surface area contributed by atoms with Gasteiger partial charge in [0.05, 0.1) is 0 Å². The third-order valence-corrected chi connectivity index (χ3v) is 3.68. The number of hydrogen-bond donors (Lipinski definition) is 1. The second-order valence-electron chi connectivity index (χ2n) is 5.27. The first-order valence-electron chi connectivity index (χ1n) is 6.50. The molecule has 0 radical (unpaired) electrons. The normalized spacial score (nSPS) is 20.3. The van der Waals surface area contributed by atoms with Crippen molar-refractivity contribution in [3.63, 3.8) is 0 Å². The fraction of sp³-hybridized carbons (Fsp3) is 0.643. The summed E-state index contributed by atoms with van der Waals surface area (Å²) in [5.41, 5.74) is 2.72. The van der Waals surface area contributed by atoms with Gasteiger partial charge in [0, 0.05) is 25.3 Å². The molecule has 1 saturated heterocycles. The average Bonchev–Trinajstić information content (AvgIpc) is 2.76. The molecule has 0 saturated carbocycles. The van der Waals surface area contributed by atoms with E-state index in [0.29, 0.717) is 12.0 Å². The average molecular weight is 233 g/mol. The third kappa shape index (κ3) is 2.60. The van der Waals surface area contributed by atoms with Crippen LogP contribution in [0.5, 0.6) is 0 Å². The molecule has 1 aliphatic rings. The van der Waals surface area contributed by atoms with Gasteiger partial charge in [-0.2, -0.15) is 0 Å². The van der Waals surface area contributed by atoms with Crippen LogP contribution < -0.4 is 10.2 Å². The van der Waals surface area contributed by atoms with Crippen molar-refractivity contribution < 1.29 is 0 Å². The van der Waals surface area contributed by atoms with Crippen molar-refractivity contribution in [1.29, 1.82) is 0 Å². The third-order valence-electron chi connectivity index (χ3n) is 3.68. The predicted octanol–water partition coefficient (Wildman–Crippen LogP) is 2.31. The van der Waals surface area contributed by atoms with E-state index in [2.05, 4.69) is 42.0 Å². The van der Waals surface area contributed by atoms with Crippen molar-refractivity contribution in [2.45, 2.75) is 39.2 Å². The highest BCUT2D eigenvalue weighted by Crippen LogP contribution is 2.24. The van der Waals surface area contributed by atoms with Crippen LogP contribution in [-0.4, -0.2) is 31.2 Å². The molecule has 1 aromatic heterocycles.